The smallest absolute Gasteiger partial charge is 0.304 e. The third-order valence-corrected chi connectivity index (χ3v) is 14.9. The fraction of sp³-hybridized carbons (Fsp3) is 0.571. The van der Waals surface area contributed by atoms with Crippen molar-refractivity contribution >= 4 is 37.0 Å². The van der Waals surface area contributed by atoms with Gasteiger partial charge in [0.15, 0.2) is 0 Å². The minimum atomic E-state index is -4.07. The lowest BCUT2D eigenvalue weighted by atomic mass is 9.81. The molecule has 1 amide bonds. The van der Waals surface area contributed by atoms with E-state index >= 15 is 0 Å². The number of amides is 1. The van der Waals surface area contributed by atoms with Gasteiger partial charge in [0.1, 0.15) is 10.5 Å². The second kappa shape index (κ2) is 12.7. The van der Waals surface area contributed by atoms with Gasteiger partial charge in [0, 0.05) is 54.8 Å². The van der Waals surface area contributed by atoms with Crippen LogP contribution in [0.5, 0.6) is 5.75 Å². The summed E-state index contributed by atoms with van der Waals surface area (Å²) in [6, 6.07) is 11.3. The Hall–Kier alpha value is -2.97. The van der Waals surface area contributed by atoms with E-state index < -0.39 is 30.9 Å². The molecule has 1 saturated carbocycles. The number of nitrogens with zero attached hydrogens (tertiary/aromatic N) is 3. The van der Waals surface area contributed by atoms with Gasteiger partial charge in [-0.15, -0.1) is 0 Å². The highest BCUT2D eigenvalue weighted by Crippen LogP contribution is 2.49. The van der Waals surface area contributed by atoms with Crippen LogP contribution in [0.3, 0.4) is 0 Å². The van der Waals surface area contributed by atoms with E-state index in [1.807, 2.05) is 31.2 Å². The molecule has 2 aromatic carbocycles. The van der Waals surface area contributed by atoms with Gasteiger partial charge in [-0.3, -0.25) is 4.79 Å². The number of benzene rings is 2. The third-order valence-electron chi connectivity index (χ3n) is 10.9. The van der Waals surface area contributed by atoms with Crippen molar-refractivity contribution in [1.29, 1.82) is 0 Å². The number of morpholine rings is 1. The SMILES string of the molecule is COc1ccc2c(c1)CC(C)(S(=O)(=O)N1CCC(C)C1)Cn1c-2c(C2CCCCC2)c2ccc(C(=O)NS(=O)(=O)N3CCOCC3)cc21. The molecule has 2 atom stereocenters. The fourth-order valence-corrected chi connectivity index (χ4v) is 11.4. The van der Waals surface area contributed by atoms with E-state index in [0.29, 0.717) is 25.3 Å². The van der Waals surface area contributed by atoms with E-state index in [1.54, 1.807) is 23.5 Å². The van der Waals surface area contributed by atoms with Gasteiger partial charge >= 0.3 is 10.2 Å². The topological polar surface area (TPSA) is 127 Å². The molecular weight excluding hydrogens is 653 g/mol. The number of hydrogen-bond donors (Lipinski definition) is 1. The van der Waals surface area contributed by atoms with E-state index in [9.17, 15) is 21.6 Å². The monoisotopic (exact) mass is 698 g/mol. The summed E-state index contributed by atoms with van der Waals surface area (Å²) in [5.41, 5.74) is 5.00. The molecular formula is C35H46N4O7S2. The molecule has 260 valence electrons. The first-order chi connectivity index (χ1) is 22.9. The fourth-order valence-electron chi connectivity index (χ4n) is 8.27. The molecule has 4 heterocycles. The summed E-state index contributed by atoms with van der Waals surface area (Å²) in [5, 5.41) is 0.975. The standard InChI is InChI=1S/C35H46N4O7S2/c1-24-13-14-38(22-24)47(41,42)35(2)21-27-19-28(45-3)10-12-29(27)33-32(25-7-5-4-6-8-25)30-11-9-26(20-31(30)39(33)23-35)34(40)36-48(43,44)37-15-17-46-18-16-37/h9-12,19-20,24-25H,4-8,13-18,21-23H2,1-3H3,(H,36,40). The number of methoxy groups -OCH3 is 1. The van der Waals surface area contributed by atoms with Gasteiger partial charge in [-0.2, -0.15) is 12.7 Å². The summed E-state index contributed by atoms with van der Waals surface area (Å²) in [5.74, 6) is 0.511. The zero-order valence-electron chi connectivity index (χ0n) is 28.0. The summed E-state index contributed by atoms with van der Waals surface area (Å²) in [6.07, 6.45) is 6.60. The average Bonchev–Trinajstić information content (AvgIpc) is 3.62. The molecule has 7 rings (SSSR count). The summed E-state index contributed by atoms with van der Waals surface area (Å²) < 4.78 is 72.5. The maximum atomic E-state index is 14.6. The van der Waals surface area contributed by atoms with E-state index in [2.05, 4.69) is 16.2 Å². The highest BCUT2D eigenvalue weighted by molar-refractivity contribution is 7.90. The second-order valence-corrected chi connectivity index (χ2v) is 18.4. The Morgan fingerprint density at radius 3 is 2.40 bits per heavy atom. The van der Waals surface area contributed by atoms with Gasteiger partial charge in [0.2, 0.25) is 10.0 Å². The molecule has 11 nitrogen and oxygen atoms in total. The van der Waals surface area contributed by atoms with Crippen molar-refractivity contribution < 1.29 is 31.1 Å². The minimum Gasteiger partial charge on any atom is -0.497 e. The number of fused-ring (bicyclic) bond motifs is 5. The van der Waals surface area contributed by atoms with Crippen molar-refractivity contribution in [1.82, 2.24) is 17.9 Å². The molecule has 48 heavy (non-hydrogen) atoms. The third kappa shape index (κ3) is 5.85. The first-order valence-corrected chi connectivity index (χ1v) is 20.0. The number of sulfonamides is 1. The highest BCUT2D eigenvalue weighted by atomic mass is 32.2. The number of hydrogen-bond acceptors (Lipinski definition) is 7. The maximum absolute atomic E-state index is 14.6. The molecule has 13 heteroatoms. The Morgan fingerprint density at radius 2 is 1.71 bits per heavy atom. The predicted octanol–water partition coefficient (Wildman–Crippen LogP) is 4.66. The van der Waals surface area contributed by atoms with Gasteiger partial charge in [-0.25, -0.2) is 17.4 Å². The molecule has 1 aliphatic carbocycles. The molecule has 1 N–H and O–H groups in total. The molecule has 2 unspecified atom stereocenters. The van der Waals surface area contributed by atoms with E-state index in [1.165, 1.54) is 16.3 Å². The average molecular weight is 699 g/mol. The molecule has 0 radical (unpaired) electrons. The summed E-state index contributed by atoms with van der Waals surface area (Å²) >= 11 is 0. The number of ether oxygens (including phenoxy) is 2. The van der Waals surface area contributed by atoms with Gasteiger partial charge in [0.25, 0.3) is 5.91 Å². The molecule has 0 bridgehead atoms. The second-order valence-electron chi connectivity index (χ2n) is 14.3. The van der Waals surface area contributed by atoms with Gasteiger partial charge in [0.05, 0.1) is 26.0 Å². The summed E-state index contributed by atoms with van der Waals surface area (Å²) in [6.45, 7) is 6.01. The van der Waals surface area contributed by atoms with Crippen LogP contribution < -0.4 is 9.46 Å². The normalized spacial score (nSPS) is 24.6. The van der Waals surface area contributed by atoms with E-state index in [0.717, 1.165) is 59.8 Å². The predicted molar refractivity (Wildman–Crippen MR) is 185 cm³/mol. The van der Waals surface area contributed by atoms with Gasteiger partial charge in [-0.1, -0.05) is 32.3 Å². The Labute approximate surface area is 283 Å². The lowest BCUT2D eigenvalue weighted by Gasteiger charge is -2.33. The Morgan fingerprint density at radius 1 is 0.958 bits per heavy atom. The largest absolute Gasteiger partial charge is 0.497 e. The van der Waals surface area contributed by atoms with Crippen molar-refractivity contribution in [3.05, 3.63) is 53.1 Å². The van der Waals surface area contributed by atoms with Crippen LogP contribution in [-0.2, 0) is 37.9 Å². The first kappa shape index (κ1) is 33.5. The van der Waals surface area contributed by atoms with Crippen LogP contribution in [0, 0.1) is 5.92 Å². The number of rotatable bonds is 7. The quantitative estimate of drug-likeness (QED) is 0.381. The molecule has 3 aromatic rings. The van der Waals surface area contributed by atoms with Gasteiger partial charge < -0.3 is 14.0 Å². The molecule has 2 saturated heterocycles. The van der Waals surface area contributed by atoms with Crippen molar-refractivity contribution in [3.63, 3.8) is 0 Å². The van der Waals surface area contributed by atoms with Crippen LogP contribution in [0.4, 0.5) is 0 Å². The maximum Gasteiger partial charge on any atom is 0.304 e. The van der Waals surface area contributed by atoms with Crippen LogP contribution in [0.1, 0.15) is 79.8 Å². The van der Waals surface area contributed by atoms with E-state index in [4.69, 9.17) is 9.47 Å². The number of aromatic nitrogens is 1. The van der Waals surface area contributed by atoms with Crippen LogP contribution in [0.15, 0.2) is 36.4 Å². The number of nitrogens with one attached hydrogen (secondary N) is 1. The Kier molecular flexibility index (Phi) is 8.89. The number of carbonyl (C=O) groups is 1. The van der Waals surface area contributed by atoms with Gasteiger partial charge in [-0.05, 0) is 85.9 Å². The Balaban J connectivity index is 1.41. The van der Waals surface area contributed by atoms with Crippen LogP contribution in [0.25, 0.3) is 22.2 Å². The van der Waals surface area contributed by atoms with Crippen molar-refractivity contribution in [2.45, 2.75) is 76.0 Å². The number of carbonyl (C=O) groups excluding carboxylic acids is 1. The molecule has 0 spiro atoms. The van der Waals surface area contributed by atoms with Crippen molar-refractivity contribution in [2.75, 3.05) is 46.5 Å². The van der Waals surface area contributed by atoms with E-state index in [-0.39, 0.29) is 50.2 Å². The lowest BCUT2D eigenvalue weighted by Crippen LogP contribution is -2.49. The first-order valence-electron chi connectivity index (χ1n) is 17.1. The lowest BCUT2D eigenvalue weighted by molar-refractivity contribution is 0.0719. The zero-order valence-corrected chi connectivity index (χ0v) is 29.7. The van der Waals surface area contributed by atoms with Crippen molar-refractivity contribution in [3.8, 4) is 17.0 Å². The van der Waals surface area contributed by atoms with Crippen LogP contribution in [0.2, 0.25) is 0 Å². The van der Waals surface area contributed by atoms with Crippen LogP contribution in [-0.4, -0.2) is 87.2 Å². The molecule has 1 aromatic heterocycles. The highest BCUT2D eigenvalue weighted by Gasteiger charge is 2.48. The minimum absolute atomic E-state index is 0.172. The van der Waals surface area contributed by atoms with Crippen LogP contribution >= 0.6 is 0 Å². The summed E-state index contributed by atoms with van der Waals surface area (Å²) in [7, 11) is -6.22. The van der Waals surface area contributed by atoms with Crippen molar-refractivity contribution in [2.24, 2.45) is 5.92 Å². The summed E-state index contributed by atoms with van der Waals surface area (Å²) in [4.78, 5) is 13.6. The Bertz CT molecular complexity index is 1950. The zero-order chi connectivity index (χ0) is 33.8. The molecule has 4 aliphatic rings. The molecule has 3 fully saturated rings. The molecule has 3 aliphatic heterocycles.